The normalized spacial score (nSPS) is 12.5. The van der Waals surface area contributed by atoms with Gasteiger partial charge in [-0.2, -0.15) is 0 Å². The number of rotatable bonds is 3. The van der Waals surface area contributed by atoms with Crippen molar-refractivity contribution in [3.05, 3.63) is 75.4 Å². The first kappa shape index (κ1) is 14.5. The second-order valence-corrected chi connectivity index (χ2v) is 6.01. The maximum atomic E-state index is 6.10. The molecule has 2 aromatic carbocycles. The summed E-state index contributed by atoms with van der Waals surface area (Å²) in [5, 5.41) is 1.75. The number of halogens is 2. The lowest BCUT2D eigenvalue weighted by atomic mass is 9.98. The molecule has 3 aromatic rings. The highest BCUT2D eigenvalue weighted by atomic mass is 79.9. The van der Waals surface area contributed by atoms with Crippen molar-refractivity contribution in [3.8, 4) is 0 Å². The zero-order chi connectivity index (χ0) is 14.8. The number of aromatic nitrogens is 1. The van der Waals surface area contributed by atoms with Gasteiger partial charge in [-0.25, -0.2) is 5.43 Å². The van der Waals surface area contributed by atoms with E-state index < -0.39 is 0 Å². The van der Waals surface area contributed by atoms with Gasteiger partial charge in [-0.1, -0.05) is 39.7 Å². The molecule has 0 aliphatic heterocycles. The molecule has 0 radical (unpaired) electrons. The fourth-order valence-electron chi connectivity index (χ4n) is 2.38. The van der Waals surface area contributed by atoms with E-state index >= 15 is 0 Å². The van der Waals surface area contributed by atoms with Gasteiger partial charge in [-0.15, -0.1) is 0 Å². The molecular weight excluding hydrogens is 350 g/mol. The van der Waals surface area contributed by atoms with Gasteiger partial charge in [-0.3, -0.25) is 10.8 Å². The van der Waals surface area contributed by atoms with Gasteiger partial charge in [-0.05, 0) is 47.5 Å². The summed E-state index contributed by atoms with van der Waals surface area (Å²) in [4.78, 5) is 4.33. The predicted octanol–water partition coefficient (Wildman–Crippen LogP) is 4.20. The number of pyridine rings is 1. The van der Waals surface area contributed by atoms with Crippen LogP contribution in [0.25, 0.3) is 10.9 Å². The third-order valence-corrected chi connectivity index (χ3v) is 4.35. The number of nitrogens with zero attached hydrogens (tertiary/aromatic N) is 1. The lowest BCUT2D eigenvalue weighted by molar-refractivity contribution is 0.635. The van der Waals surface area contributed by atoms with Crippen molar-refractivity contribution in [2.75, 3.05) is 0 Å². The predicted molar refractivity (Wildman–Crippen MR) is 90.1 cm³/mol. The van der Waals surface area contributed by atoms with Crippen molar-refractivity contribution in [1.82, 2.24) is 10.4 Å². The van der Waals surface area contributed by atoms with Crippen LogP contribution in [0.4, 0.5) is 0 Å². The van der Waals surface area contributed by atoms with E-state index in [1.807, 2.05) is 42.5 Å². The van der Waals surface area contributed by atoms with Crippen molar-refractivity contribution < 1.29 is 0 Å². The quantitative estimate of drug-likeness (QED) is 0.542. The number of benzene rings is 2. The van der Waals surface area contributed by atoms with Crippen LogP contribution >= 0.6 is 27.5 Å². The molecule has 5 heteroatoms. The van der Waals surface area contributed by atoms with Gasteiger partial charge in [0.05, 0.1) is 11.6 Å². The van der Waals surface area contributed by atoms with E-state index in [-0.39, 0.29) is 6.04 Å². The number of fused-ring (bicyclic) bond motifs is 1. The number of hydrogen-bond donors (Lipinski definition) is 2. The number of hydrazine groups is 1. The summed E-state index contributed by atoms with van der Waals surface area (Å²) >= 11 is 9.65. The molecule has 21 heavy (non-hydrogen) atoms. The molecule has 0 saturated heterocycles. The highest BCUT2D eigenvalue weighted by Gasteiger charge is 2.16. The highest BCUT2D eigenvalue weighted by Crippen LogP contribution is 2.31. The maximum Gasteiger partial charge on any atom is 0.0721 e. The minimum Gasteiger partial charge on any atom is -0.271 e. The van der Waals surface area contributed by atoms with Crippen LogP contribution in [0.5, 0.6) is 0 Å². The Kier molecular flexibility index (Phi) is 4.22. The standard InChI is InChI=1S/C16H13BrClN3/c17-14-5-4-12(18)9-13(14)16(21-19)11-3-6-15-10(8-11)2-1-7-20-15/h1-9,16,21H,19H2. The third kappa shape index (κ3) is 2.94. The summed E-state index contributed by atoms with van der Waals surface area (Å²) in [6.07, 6.45) is 1.79. The smallest absolute Gasteiger partial charge is 0.0721 e. The molecule has 3 N–H and O–H groups in total. The molecule has 3 rings (SSSR count). The summed E-state index contributed by atoms with van der Waals surface area (Å²) in [5.74, 6) is 5.77. The minimum atomic E-state index is -0.150. The van der Waals surface area contributed by atoms with E-state index in [4.69, 9.17) is 17.4 Å². The van der Waals surface area contributed by atoms with E-state index in [2.05, 4.69) is 32.4 Å². The van der Waals surface area contributed by atoms with Crippen molar-refractivity contribution in [2.45, 2.75) is 6.04 Å². The van der Waals surface area contributed by atoms with E-state index in [9.17, 15) is 0 Å². The average molecular weight is 363 g/mol. The van der Waals surface area contributed by atoms with E-state index in [1.165, 1.54) is 0 Å². The monoisotopic (exact) mass is 361 g/mol. The lowest BCUT2D eigenvalue weighted by Gasteiger charge is -2.19. The molecular formula is C16H13BrClN3. The molecule has 0 aliphatic carbocycles. The Labute approximate surface area is 136 Å². The Morgan fingerprint density at radius 2 is 2.00 bits per heavy atom. The van der Waals surface area contributed by atoms with E-state index in [0.717, 1.165) is 26.5 Å². The first-order chi connectivity index (χ1) is 10.2. The molecule has 0 spiro atoms. The number of nitrogens with two attached hydrogens (primary N) is 1. The fraction of sp³-hybridized carbons (Fsp3) is 0.0625. The van der Waals surface area contributed by atoms with Gasteiger partial charge in [0.25, 0.3) is 0 Å². The van der Waals surface area contributed by atoms with Crippen molar-refractivity contribution in [3.63, 3.8) is 0 Å². The molecule has 0 bridgehead atoms. The van der Waals surface area contributed by atoms with Gasteiger partial charge < -0.3 is 0 Å². The first-order valence-electron chi connectivity index (χ1n) is 6.45. The minimum absolute atomic E-state index is 0.150. The van der Waals surface area contributed by atoms with Gasteiger partial charge in [0.2, 0.25) is 0 Å². The topological polar surface area (TPSA) is 50.9 Å². The van der Waals surface area contributed by atoms with Crippen molar-refractivity contribution >= 4 is 38.4 Å². The van der Waals surface area contributed by atoms with Crippen molar-refractivity contribution in [2.24, 2.45) is 5.84 Å². The van der Waals surface area contributed by atoms with E-state index in [1.54, 1.807) is 6.20 Å². The van der Waals surface area contributed by atoms with Crippen LogP contribution in [0.2, 0.25) is 5.02 Å². The van der Waals surface area contributed by atoms with Crippen molar-refractivity contribution in [1.29, 1.82) is 0 Å². The first-order valence-corrected chi connectivity index (χ1v) is 7.62. The Morgan fingerprint density at radius 3 is 2.81 bits per heavy atom. The van der Waals surface area contributed by atoms with Crippen LogP contribution in [-0.4, -0.2) is 4.98 Å². The van der Waals surface area contributed by atoms with Crippen LogP contribution in [-0.2, 0) is 0 Å². The van der Waals surface area contributed by atoms with Gasteiger partial charge in [0, 0.05) is 21.1 Å². The SMILES string of the molecule is NNC(c1ccc2ncccc2c1)c1cc(Cl)ccc1Br. The summed E-state index contributed by atoms with van der Waals surface area (Å²) < 4.78 is 0.959. The zero-order valence-corrected chi connectivity index (χ0v) is 13.4. The lowest BCUT2D eigenvalue weighted by Crippen LogP contribution is -2.29. The molecule has 0 aliphatic rings. The largest absolute Gasteiger partial charge is 0.271 e. The van der Waals surface area contributed by atoms with E-state index in [0.29, 0.717) is 5.02 Å². The zero-order valence-electron chi connectivity index (χ0n) is 11.1. The average Bonchev–Trinajstić information content (AvgIpc) is 2.51. The summed E-state index contributed by atoms with van der Waals surface area (Å²) in [6, 6.07) is 15.6. The molecule has 1 unspecified atom stereocenters. The summed E-state index contributed by atoms with van der Waals surface area (Å²) in [7, 11) is 0. The van der Waals surface area contributed by atoms with Crippen LogP contribution < -0.4 is 11.3 Å². The second kappa shape index (κ2) is 6.12. The third-order valence-electron chi connectivity index (χ3n) is 3.40. The van der Waals surface area contributed by atoms with Crippen LogP contribution in [0.15, 0.2) is 59.2 Å². The Hall–Kier alpha value is -1.46. The molecule has 106 valence electrons. The fourth-order valence-corrected chi connectivity index (χ4v) is 3.03. The maximum absolute atomic E-state index is 6.10. The summed E-state index contributed by atoms with van der Waals surface area (Å²) in [6.45, 7) is 0. The molecule has 0 saturated carbocycles. The second-order valence-electron chi connectivity index (χ2n) is 4.72. The Morgan fingerprint density at radius 1 is 1.14 bits per heavy atom. The number of nitrogens with one attached hydrogen (secondary N) is 1. The molecule has 0 amide bonds. The molecule has 3 nitrogen and oxygen atoms in total. The van der Waals surface area contributed by atoms with Crippen LogP contribution in [0, 0.1) is 0 Å². The van der Waals surface area contributed by atoms with Gasteiger partial charge in [0.1, 0.15) is 0 Å². The molecule has 0 fully saturated rings. The Balaban J connectivity index is 2.11. The number of hydrogen-bond acceptors (Lipinski definition) is 3. The molecule has 1 heterocycles. The van der Waals surface area contributed by atoms with Gasteiger partial charge >= 0.3 is 0 Å². The van der Waals surface area contributed by atoms with Crippen LogP contribution in [0.1, 0.15) is 17.2 Å². The summed E-state index contributed by atoms with van der Waals surface area (Å²) in [5.41, 5.74) is 5.87. The van der Waals surface area contributed by atoms with Gasteiger partial charge in [0.15, 0.2) is 0 Å². The highest BCUT2D eigenvalue weighted by molar-refractivity contribution is 9.10. The van der Waals surface area contributed by atoms with Crippen LogP contribution in [0.3, 0.4) is 0 Å². The molecule has 1 atom stereocenters. The molecule has 1 aromatic heterocycles. The Bertz CT molecular complexity index is 791.